The van der Waals surface area contributed by atoms with Crippen LogP contribution in [0.25, 0.3) is 0 Å². The second-order valence-corrected chi connectivity index (χ2v) is 6.06. The highest BCUT2D eigenvalue weighted by Crippen LogP contribution is 2.22. The first-order valence-corrected chi connectivity index (χ1v) is 8.48. The number of nitrogens with one attached hydrogen (secondary N) is 1. The summed E-state index contributed by atoms with van der Waals surface area (Å²) in [5.41, 5.74) is 2.39. The number of benzene rings is 2. The molecule has 0 spiro atoms. The van der Waals surface area contributed by atoms with Crippen LogP contribution in [-0.2, 0) is 19.4 Å². The normalized spacial score (nSPS) is 12.1. The number of likely N-dealkylation sites (N-methyl/N-ethyl adjacent to an activating group) is 1. The summed E-state index contributed by atoms with van der Waals surface area (Å²) in [6.45, 7) is 2.35. The van der Waals surface area contributed by atoms with Crippen molar-refractivity contribution in [3.63, 3.8) is 0 Å². The molecule has 0 aliphatic heterocycles. The Morgan fingerprint density at radius 3 is 2.64 bits per heavy atom. The maximum Gasteiger partial charge on any atom is 0.264 e. The molecule has 0 amide bonds. The van der Waals surface area contributed by atoms with Gasteiger partial charge in [-0.25, -0.2) is 0 Å². The molecule has 0 aliphatic carbocycles. The molecule has 0 saturated heterocycles. The summed E-state index contributed by atoms with van der Waals surface area (Å²) in [6, 6.07) is 18.7. The zero-order valence-electron chi connectivity index (χ0n) is 14.6. The third-order valence-corrected chi connectivity index (χ3v) is 4.05. The standard InChI is InChI=1S/C20H23N3O2/c1-15(21-2)12-19-22-20(25-23-19)14-24-18-11-7-6-10-17(18)13-16-8-4-3-5-9-16/h3-11,15,21H,12-14H2,1-2H3. The molecule has 1 N–H and O–H groups in total. The largest absolute Gasteiger partial charge is 0.483 e. The maximum atomic E-state index is 5.93. The molecule has 0 aliphatic rings. The zero-order valence-corrected chi connectivity index (χ0v) is 14.6. The molecule has 1 atom stereocenters. The van der Waals surface area contributed by atoms with Gasteiger partial charge >= 0.3 is 0 Å². The Kier molecular flexibility index (Phi) is 5.80. The Balaban J connectivity index is 1.64. The Hall–Kier alpha value is -2.66. The lowest BCUT2D eigenvalue weighted by molar-refractivity contribution is 0.241. The van der Waals surface area contributed by atoms with Crippen LogP contribution < -0.4 is 10.1 Å². The lowest BCUT2D eigenvalue weighted by atomic mass is 10.0. The van der Waals surface area contributed by atoms with E-state index >= 15 is 0 Å². The van der Waals surface area contributed by atoms with Crippen LogP contribution in [-0.4, -0.2) is 23.2 Å². The molecule has 3 rings (SSSR count). The minimum Gasteiger partial charge on any atom is -0.483 e. The van der Waals surface area contributed by atoms with Gasteiger partial charge in [-0.15, -0.1) is 0 Å². The van der Waals surface area contributed by atoms with E-state index < -0.39 is 0 Å². The van der Waals surface area contributed by atoms with Gasteiger partial charge in [0.2, 0.25) is 0 Å². The van der Waals surface area contributed by atoms with E-state index in [1.165, 1.54) is 5.56 Å². The van der Waals surface area contributed by atoms with Crippen LogP contribution in [0.1, 0.15) is 29.8 Å². The number of para-hydroxylation sites is 1. The molecule has 130 valence electrons. The molecule has 0 saturated carbocycles. The van der Waals surface area contributed by atoms with Crippen molar-refractivity contribution in [3.8, 4) is 5.75 Å². The Labute approximate surface area is 148 Å². The van der Waals surface area contributed by atoms with Crippen LogP contribution in [0.3, 0.4) is 0 Å². The van der Waals surface area contributed by atoms with Gasteiger partial charge in [-0.1, -0.05) is 53.7 Å². The van der Waals surface area contributed by atoms with Gasteiger partial charge in [0.1, 0.15) is 5.75 Å². The molecule has 0 bridgehead atoms. The topological polar surface area (TPSA) is 60.2 Å². The molecule has 3 aromatic rings. The fourth-order valence-electron chi connectivity index (χ4n) is 2.55. The summed E-state index contributed by atoms with van der Waals surface area (Å²) in [7, 11) is 1.92. The molecule has 2 aromatic carbocycles. The van der Waals surface area contributed by atoms with Crippen molar-refractivity contribution in [2.24, 2.45) is 0 Å². The predicted molar refractivity (Wildman–Crippen MR) is 96.5 cm³/mol. The molecule has 1 aromatic heterocycles. The third kappa shape index (κ3) is 4.90. The van der Waals surface area contributed by atoms with Crippen LogP contribution in [0.15, 0.2) is 59.1 Å². The average Bonchev–Trinajstić information content (AvgIpc) is 3.09. The van der Waals surface area contributed by atoms with Gasteiger partial charge in [-0.05, 0) is 31.2 Å². The highest BCUT2D eigenvalue weighted by molar-refractivity contribution is 5.37. The van der Waals surface area contributed by atoms with Crippen molar-refractivity contribution in [2.75, 3.05) is 7.05 Å². The molecular formula is C20H23N3O2. The maximum absolute atomic E-state index is 5.93. The van der Waals surface area contributed by atoms with Gasteiger partial charge in [0.15, 0.2) is 12.4 Å². The fourth-order valence-corrected chi connectivity index (χ4v) is 2.55. The van der Waals surface area contributed by atoms with Crippen molar-refractivity contribution in [2.45, 2.75) is 32.4 Å². The summed E-state index contributed by atoms with van der Waals surface area (Å²) in [5.74, 6) is 2.03. The monoisotopic (exact) mass is 337 g/mol. The van der Waals surface area contributed by atoms with Gasteiger partial charge in [-0.3, -0.25) is 0 Å². The van der Waals surface area contributed by atoms with Gasteiger partial charge in [0.05, 0.1) is 0 Å². The van der Waals surface area contributed by atoms with Crippen LogP contribution in [0.2, 0.25) is 0 Å². The van der Waals surface area contributed by atoms with Crippen molar-refractivity contribution < 1.29 is 9.26 Å². The van der Waals surface area contributed by atoms with E-state index in [0.717, 1.165) is 24.2 Å². The van der Waals surface area contributed by atoms with Crippen LogP contribution in [0.5, 0.6) is 5.75 Å². The van der Waals surface area contributed by atoms with Crippen molar-refractivity contribution in [3.05, 3.63) is 77.4 Å². The number of hydrogen-bond donors (Lipinski definition) is 1. The number of hydrogen-bond acceptors (Lipinski definition) is 5. The quantitative estimate of drug-likeness (QED) is 0.683. The zero-order chi connectivity index (χ0) is 17.5. The lowest BCUT2D eigenvalue weighted by Crippen LogP contribution is -2.24. The molecular weight excluding hydrogens is 314 g/mol. The van der Waals surface area contributed by atoms with E-state index in [2.05, 4.69) is 40.6 Å². The van der Waals surface area contributed by atoms with E-state index in [9.17, 15) is 0 Å². The van der Waals surface area contributed by atoms with Crippen molar-refractivity contribution in [1.82, 2.24) is 15.5 Å². The van der Waals surface area contributed by atoms with Gasteiger partial charge in [-0.2, -0.15) is 4.98 Å². The summed E-state index contributed by atoms with van der Waals surface area (Å²) in [6.07, 6.45) is 1.55. The SMILES string of the molecule is CNC(C)Cc1noc(COc2ccccc2Cc2ccccc2)n1. The summed E-state index contributed by atoms with van der Waals surface area (Å²) in [5, 5.41) is 7.16. The van der Waals surface area contributed by atoms with Gasteiger partial charge < -0.3 is 14.6 Å². The third-order valence-electron chi connectivity index (χ3n) is 4.05. The minimum atomic E-state index is 0.271. The molecule has 0 radical (unpaired) electrons. The second-order valence-electron chi connectivity index (χ2n) is 6.06. The predicted octanol–water partition coefficient (Wildman–Crippen LogP) is 3.39. The van der Waals surface area contributed by atoms with Crippen LogP contribution >= 0.6 is 0 Å². The summed E-state index contributed by atoms with van der Waals surface area (Å²) in [4.78, 5) is 4.38. The first-order valence-electron chi connectivity index (χ1n) is 8.48. The van der Waals surface area contributed by atoms with E-state index in [4.69, 9.17) is 9.26 Å². The first kappa shape index (κ1) is 17.2. The fraction of sp³-hybridized carbons (Fsp3) is 0.300. The summed E-state index contributed by atoms with van der Waals surface area (Å²) >= 11 is 0. The Morgan fingerprint density at radius 1 is 1.08 bits per heavy atom. The Bertz CT molecular complexity index is 786. The number of ether oxygens (including phenoxy) is 1. The first-order chi connectivity index (χ1) is 12.2. The second kappa shape index (κ2) is 8.44. The number of rotatable bonds is 8. The molecule has 1 unspecified atom stereocenters. The van der Waals surface area contributed by atoms with Gasteiger partial charge in [0.25, 0.3) is 5.89 Å². The molecule has 25 heavy (non-hydrogen) atoms. The molecule has 0 fully saturated rings. The molecule has 5 heteroatoms. The smallest absolute Gasteiger partial charge is 0.264 e. The van der Waals surface area contributed by atoms with Crippen molar-refractivity contribution >= 4 is 0 Å². The van der Waals surface area contributed by atoms with E-state index in [0.29, 0.717) is 17.8 Å². The highest BCUT2D eigenvalue weighted by atomic mass is 16.5. The van der Waals surface area contributed by atoms with Crippen molar-refractivity contribution in [1.29, 1.82) is 0 Å². The summed E-state index contributed by atoms with van der Waals surface area (Å²) < 4.78 is 11.2. The van der Waals surface area contributed by atoms with Crippen LogP contribution in [0, 0.1) is 0 Å². The van der Waals surface area contributed by atoms with E-state index in [-0.39, 0.29) is 6.61 Å². The minimum absolute atomic E-state index is 0.271. The Morgan fingerprint density at radius 2 is 1.84 bits per heavy atom. The van der Waals surface area contributed by atoms with E-state index in [1.807, 2.05) is 43.4 Å². The van der Waals surface area contributed by atoms with Gasteiger partial charge in [0, 0.05) is 18.9 Å². The average molecular weight is 337 g/mol. The van der Waals surface area contributed by atoms with Crippen LogP contribution in [0.4, 0.5) is 0 Å². The van der Waals surface area contributed by atoms with E-state index in [1.54, 1.807) is 0 Å². The molecule has 5 nitrogen and oxygen atoms in total. The number of aromatic nitrogens is 2. The number of nitrogens with zero attached hydrogens (tertiary/aromatic N) is 2. The molecule has 1 heterocycles. The lowest BCUT2D eigenvalue weighted by Gasteiger charge is -2.10. The highest BCUT2D eigenvalue weighted by Gasteiger charge is 2.11.